The topological polar surface area (TPSA) is 75.5 Å². The zero-order valence-corrected chi connectivity index (χ0v) is 18.3. The summed E-state index contributed by atoms with van der Waals surface area (Å²) in [4.78, 5) is 26.0. The van der Waals surface area contributed by atoms with E-state index in [9.17, 15) is 14.9 Å². The molecule has 1 heterocycles. The Bertz CT molecular complexity index is 749. The number of piperazine rings is 1. The minimum atomic E-state index is -0.446. The van der Waals surface area contributed by atoms with Crippen molar-refractivity contribution < 1.29 is 9.72 Å². The second-order valence-electron chi connectivity index (χ2n) is 6.86. The maximum absolute atomic E-state index is 13.1. The number of anilines is 1. The number of allylic oxidation sites excluding steroid dienone is 3. The highest BCUT2D eigenvalue weighted by Gasteiger charge is 2.36. The lowest BCUT2D eigenvalue weighted by Gasteiger charge is -2.38. The number of nitrogens with zero attached hydrogens (tertiary/aromatic N) is 2. The fourth-order valence-electron chi connectivity index (χ4n) is 3.65. The number of amides is 1. The summed E-state index contributed by atoms with van der Waals surface area (Å²) >= 11 is 1.78. The molecule has 1 aromatic carbocycles. The molecular weight excluding hydrogens is 386 g/mol. The van der Waals surface area contributed by atoms with Gasteiger partial charge in [0, 0.05) is 36.7 Å². The fraction of sp³-hybridized carbons (Fsp3) is 0.500. The van der Waals surface area contributed by atoms with E-state index in [1.54, 1.807) is 11.8 Å². The van der Waals surface area contributed by atoms with Crippen LogP contribution in [0.1, 0.15) is 39.5 Å². The van der Waals surface area contributed by atoms with Crippen molar-refractivity contribution in [1.29, 1.82) is 0 Å². The van der Waals surface area contributed by atoms with E-state index in [4.69, 9.17) is 0 Å². The minimum absolute atomic E-state index is 0.0178. The number of nitrogens with one attached hydrogen (secondary N) is 1. The smallest absolute Gasteiger partial charge is 0.249 e. The summed E-state index contributed by atoms with van der Waals surface area (Å²) in [5.74, 6) is 0.986. The summed E-state index contributed by atoms with van der Waals surface area (Å²) in [6.45, 7) is 4.62. The van der Waals surface area contributed by atoms with Crippen molar-refractivity contribution in [3.63, 3.8) is 0 Å². The number of carbonyl (C=O) groups excluding carboxylic acids is 1. The minimum Gasteiger partial charge on any atom is -0.310 e. The molecule has 29 heavy (non-hydrogen) atoms. The van der Waals surface area contributed by atoms with Gasteiger partial charge in [0.2, 0.25) is 11.6 Å². The molecule has 2 atom stereocenters. The van der Waals surface area contributed by atoms with Gasteiger partial charge in [-0.05, 0) is 37.0 Å². The van der Waals surface area contributed by atoms with Crippen LogP contribution in [0.5, 0.6) is 0 Å². The van der Waals surface area contributed by atoms with Crippen molar-refractivity contribution in [1.82, 2.24) is 5.32 Å². The zero-order chi connectivity index (χ0) is 21.2. The second kappa shape index (κ2) is 11.8. The van der Waals surface area contributed by atoms with Crippen molar-refractivity contribution in [2.24, 2.45) is 0 Å². The first-order chi connectivity index (χ1) is 14.1. The third kappa shape index (κ3) is 6.18. The highest BCUT2D eigenvalue weighted by molar-refractivity contribution is 7.98. The van der Waals surface area contributed by atoms with Gasteiger partial charge in [-0.25, -0.2) is 0 Å². The van der Waals surface area contributed by atoms with Crippen molar-refractivity contribution >= 4 is 23.4 Å². The van der Waals surface area contributed by atoms with Gasteiger partial charge in [-0.15, -0.1) is 0 Å². The summed E-state index contributed by atoms with van der Waals surface area (Å²) in [5, 5.41) is 14.8. The van der Waals surface area contributed by atoms with Crippen LogP contribution >= 0.6 is 11.8 Å². The third-order valence-corrected chi connectivity index (χ3v) is 5.67. The van der Waals surface area contributed by atoms with Crippen LogP contribution < -0.4 is 10.2 Å². The van der Waals surface area contributed by atoms with E-state index >= 15 is 0 Å². The predicted octanol–water partition coefficient (Wildman–Crippen LogP) is 4.41. The van der Waals surface area contributed by atoms with E-state index in [2.05, 4.69) is 11.6 Å². The van der Waals surface area contributed by atoms with Crippen LogP contribution in [0.4, 0.5) is 5.69 Å². The van der Waals surface area contributed by atoms with Crippen molar-refractivity contribution in [2.75, 3.05) is 23.5 Å². The van der Waals surface area contributed by atoms with Gasteiger partial charge in [0.15, 0.2) is 0 Å². The van der Waals surface area contributed by atoms with Crippen molar-refractivity contribution in [3.05, 3.63) is 63.9 Å². The van der Waals surface area contributed by atoms with Crippen LogP contribution in [0.3, 0.4) is 0 Å². The van der Waals surface area contributed by atoms with Gasteiger partial charge < -0.3 is 10.2 Å². The molecule has 1 saturated heterocycles. The van der Waals surface area contributed by atoms with E-state index in [-0.39, 0.29) is 22.6 Å². The van der Waals surface area contributed by atoms with Crippen LogP contribution in [-0.2, 0) is 4.79 Å². The number of hydrogen-bond acceptors (Lipinski definition) is 5. The maximum atomic E-state index is 13.1. The van der Waals surface area contributed by atoms with Gasteiger partial charge in [0.05, 0.1) is 11.0 Å². The average Bonchev–Trinajstić information content (AvgIpc) is 2.76. The molecule has 0 spiro atoms. The third-order valence-electron chi connectivity index (χ3n) is 5.02. The number of carbonyl (C=O) groups is 1. The zero-order valence-electron chi connectivity index (χ0n) is 17.5. The molecule has 2 aliphatic rings. The van der Waals surface area contributed by atoms with Crippen molar-refractivity contribution in [3.8, 4) is 0 Å². The number of thioether (sulfide) groups is 1. The number of hydrogen-bond donors (Lipinski definition) is 1. The molecule has 1 amide bonds. The molecule has 1 aliphatic carbocycles. The van der Waals surface area contributed by atoms with E-state index in [0.717, 1.165) is 17.9 Å². The number of benzene rings is 1. The van der Waals surface area contributed by atoms with Gasteiger partial charge in [-0.3, -0.25) is 14.9 Å². The molecule has 0 radical (unpaired) electrons. The number of rotatable bonds is 7. The number of para-hydroxylation sites is 1. The molecule has 0 bridgehead atoms. The van der Waals surface area contributed by atoms with E-state index in [1.165, 1.54) is 0 Å². The molecule has 1 aromatic rings. The molecular formula is C22H31N3O3S. The Balaban J connectivity index is 0.00000145. The lowest BCUT2D eigenvalue weighted by molar-refractivity contribution is -0.429. The molecule has 3 rings (SSSR count). The molecule has 1 N–H and O–H groups in total. The summed E-state index contributed by atoms with van der Waals surface area (Å²) in [7, 11) is 0. The van der Waals surface area contributed by atoms with E-state index in [1.807, 2.05) is 61.2 Å². The SMILES string of the molecule is CC.CSCCC1CN(c2ccccc2)C(=O)C(CC2=C([N+](=O)[O-])CCC=C2)N1. The van der Waals surface area contributed by atoms with Crippen LogP contribution in [0.15, 0.2) is 53.8 Å². The highest BCUT2D eigenvalue weighted by atomic mass is 32.2. The lowest BCUT2D eigenvalue weighted by Crippen LogP contribution is -2.60. The van der Waals surface area contributed by atoms with Crippen LogP contribution in [0.2, 0.25) is 0 Å². The largest absolute Gasteiger partial charge is 0.310 e. The molecule has 7 heteroatoms. The maximum Gasteiger partial charge on any atom is 0.249 e. The first kappa shape index (κ1) is 23.2. The fourth-order valence-corrected chi connectivity index (χ4v) is 4.17. The van der Waals surface area contributed by atoms with Gasteiger partial charge in [-0.1, -0.05) is 44.2 Å². The monoisotopic (exact) mass is 417 g/mol. The molecule has 158 valence electrons. The molecule has 0 aromatic heterocycles. The molecule has 2 unspecified atom stereocenters. The van der Waals surface area contributed by atoms with Crippen LogP contribution in [0, 0.1) is 10.1 Å². The van der Waals surface area contributed by atoms with E-state index < -0.39 is 6.04 Å². The lowest BCUT2D eigenvalue weighted by atomic mass is 9.94. The molecule has 1 aliphatic heterocycles. The summed E-state index contributed by atoms with van der Waals surface area (Å²) in [6, 6.07) is 9.38. The van der Waals surface area contributed by atoms with Gasteiger partial charge in [0.1, 0.15) is 0 Å². The van der Waals surface area contributed by atoms with Gasteiger partial charge in [-0.2, -0.15) is 11.8 Å². The quantitative estimate of drug-likeness (QED) is 0.525. The first-order valence-corrected chi connectivity index (χ1v) is 11.6. The number of nitro groups is 1. The van der Waals surface area contributed by atoms with Gasteiger partial charge >= 0.3 is 0 Å². The molecule has 0 saturated carbocycles. The Hall–Kier alpha value is -2.12. The predicted molar refractivity (Wildman–Crippen MR) is 121 cm³/mol. The van der Waals surface area contributed by atoms with Gasteiger partial charge in [0.25, 0.3) is 0 Å². The summed E-state index contributed by atoms with van der Waals surface area (Å²) < 4.78 is 0. The Kier molecular flexibility index (Phi) is 9.41. The normalized spacial score (nSPS) is 21.6. The summed E-state index contributed by atoms with van der Waals surface area (Å²) in [6.07, 6.45) is 8.25. The van der Waals surface area contributed by atoms with E-state index in [0.29, 0.717) is 31.4 Å². The Morgan fingerprint density at radius 3 is 2.66 bits per heavy atom. The molecule has 6 nitrogen and oxygen atoms in total. The first-order valence-electron chi connectivity index (χ1n) is 10.2. The molecule has 1 fully saturated rings. The van der Waals surface area contributed by atoms with Crippen LogP contribution in [-0.4, -0.2) is 41.5 Å². The average molecular weight is 418 g/mol. The standard InChI is InChI=1S/C20H25N3O3S.C2H6/c1-27-12-11-16-14-22(17-8-3-2-4-9-17)20(24)18(21-16)13-15-7-5-6-10-19(15)23(25)26;1-2/h2-5,7-9,16,18,21H,6,10-14H2,1H3;1-2H3. The Morgan fingerprint density at radius 2 is 2.00 bits per heavy atom. The van der Waals surface area contributed by atoms with Crippen molar-refractivity contribution in [2.45, 2.75) is 51.6 Å². The Labute approximate surface area is 177 Å². The van der Waals surface area contributed by atoms with Crippen LogP contribution in [0.25, 0.3) is 0 Å². The highest BCUT2D eigenvalue weighted by Crippen LogP contribution is 2.27. The Morgan fingerprint density at radius 1 is 1.28 bits per heavy atom. The summed E-state index contributed by atoms with van der Waals surface area (Å²) in [5.41, 5.74) is 1.78. The second-order valence-corrected chi connectivity index (χ2v) is 7.84.